The quantitative estimate of drug-likeness (QED) is 0.796. The van der Waals surface area contributed by atoms with Crippen LogP contribution in [0.1, 0.15) is 21.7 Å². The molecule has 0 radical (unpaired) electrons. The van der Waals surface area contributed by atoms with E-state index in [-0.39, 0.29) is 5.97 Å². The molecule has 0 fully saturated rings. The fraction of sp³-hybridized carbons (Fsp3) is 0.267. The molecule has 4 heteroatoms. The van der Waals surface area contributed by atoms with Gasteiger partial charge in [0, 0.05) is 17.1 Å². The molecule has 0 saturated heterocycles. The summed E-state index contributed by atoms with van der Waals surface area (Å²) >= 11 is 0. The highest BCUT2D eigenvalue weighted by Gasteiger charge is 2.16. The Morgan fingerprint density at radius 2 is 1.74 bits per heavy atom. The van der Waals surface area contributed by atoms with E-state index in [2.05, 4.69) is 0 Å². The smallest absolute Gasteiger partial charge is 0.339 e. The first-order valence-corrected chi connectivity index (χ1v) is 6.00. The zero-order valence-electron chi connectivity index (χ0n) is 11.6. The minimum absolute atomic E-state index is 0.312. The molecule has 1 aromatic heterocycles. The van der Waals surface area contributed by atoms with Gasteiger partial charge in [0.25, 0.3) is 0 Å². The Kier molecular flexibility index (Phi) is 3.60. The number of benzene rings is 1. The Morgan fingerprint density at radius 3 is 2.26 bits per heavy atom. The molecule has 4 nitrogen and oxygen atoms in total. The number of carbonyl (C=O) groups excluding carboxylic acids is 1. The third kappa shape index (κ3) is 2.34. The van der Waals surface area contributed by atoms with E-state index in [4.69, 9.17) is 9.47 Å². The molecule has 2 aromatic rings. The summed E-state index contributed by atoms with van der Waals surface area (Å²) in [7, 11) is 3.03. The van der Waals surface area contributed by atoms with Crippen molar-refractivity contribution in [3.63, 3.8) is 0 Å². The molecule has 0 saturated carbocycles. The number of hydrogen-bond acceptors (Lipinski definition) is 3. The predicted molar refractivity (Wildman–Crippen MR) is 73.1 cm³/mol. The Balaban J connectivity index is 2.49. The van der Waals surface area contributed by atoms with Crippen molar-refractivity contribution in [2.45, 2.75) is 13.8 Å². The summed E-state index contributed by atoms with van der Waals surface area (Å²) in [5.74, 6) is 0.493. The van der Waals surface area contributed by atoms with Crippen LogP contribution in [0.15, 0.2) is 30.3 Å². The van der Waals surface area contributed by atoms with Gasteiger partial charge in [0.15, 0.2) is 0 Å². The summed E-state index contributed by atoms with van der Waals surface area (Å²) in [6.45, 7) is 3.87. The van der Waals surface area contributed by atoms with Gasteiger partial charge in [-0.2, -0.15) is 0 Å². The van der Waals surface area contributed by atoms with Crippen LogP contribution >= 0.6 is 0 Å². The van der Waals surface area contributed by atoms with Gasteiger partial charge in [0.05, 0.1) is 19.8 Å². The third-order valence-electron chi connectivity index (χ3n) is 3.17. The molecule has 0 aliphatic heterocycles. The Hall–Kier alpha value is -2.23. The average Bonchev–Trinajstić information content (AvgIpc) is 2.73. The Labute approximate surface area is 112 Å². The van der Waals surface area contributed by atoms with E-state index in [0.29, 0.717) is 5.56 Å². The van der Waals surface area contributed by atoms with Crippen LogP contribution in [0.25, 0.3) is 5.69 Å². The van der Waals surface area contributed by atoms with Crippen molar-refractivity contribution in [1.82, 2.24) is 4.57 Å². The van der Waals surface area contributed by atoms with Gasteiger partial charge in [-0.15, -0.1) is 0 Å². The molecule has 100 valence electrons. The minimum Gasteiger partial charge on any atom is -0.497 e. The van der Waals surface area contributed by atoms with E-state index in [1.54, 1.807) is 7.11 Å². The summed E-state index contributed by atoms with van der Waals surface area (Å²) in [4.78, 5) is 11.7. The van der Waals surface area contributed by atoms with Crippen molar-refractivity contribution in [2.75, 3.05) is 14.2 Å². The SMILES string of the molecule is COC(=O)c1cc(C)n(-c2ccc(OC)cc2)c1C. The third-order valence-corrected chi connectivity index (χ3v) is 3.17. The highest BCUT2D eigenvalue weighted by Crippen LogP contribution is 2.23. The number of carbonyl (C=O) groups is 1. The van der Waals surface area contributed by atoms with Crippen LogP contribution in [0.2, 0.25) is 0 Å². The van der Waals surface area contributed by atoms with Crippen molar-refractivity contribution in [3.8, 4) is 11.4 Å². The van der Waals surface area contributed by atoms with E-state index in [9.17, 15) is 4.79 Å². The van der Waals surface area contributed by atoms with E-state index in [1.807, 2.05) is 48.7 Å². The molecule has 0 bridgehead atoms. The predicted octanol–water partition coefficient (Wildman–Crippen LogP) is 2.89. The van der Waals surface area contributed by atoms with Gasteiger partial charge in [-0.3, -0.25) is 0 Å². The standard InChI is InChI=1S/C15H17NO3/c1-10-9-14(15(17)19-4)11(2)16(10)12-5-7-13(18-3)8-6-12/h5-9H,1-4H3. The summed E-state index contributed by atoms with van der Waals surface area (Å²) in [6.07, 6.45) is 0. The highest BCUT2D eigenvalue weighted by atomic mass is 16.5. The van der Waals surface area contributed by atoms with Gasteiger partial charge in [-0.25, -0.2) is 4.79 Å². The summed E-state index contributed by atoms with van der Waals surface area (Å²) in [5, 5.41) is 0. The number of ether oxygens (including phenoxy) is 2. The monoisotopic (exact) mass is 259 g/mol. The largest absolute Gasteiger partial charge is 0.497 e. The van der Waals surface area contributed by atoms with Crippen molar-refractivity contribution >= 4 is 5.97 Å². The molecular weight excluding hydrogens is 242 g/mol. The van der Waals surface area contributed by atoms with E-state index in [0.717, 1.165) is 22.8 Å². The molecule has 1 heterocycles. The topological polar surface area (TPSA) is 40.5 Å². The fourth-order valence-corrected chi connectivity index (χ4v) is 2.21. The highest BCUT2D eigenvalue weighted by molar-refractivity contribution is 5.91. The zero-order chi connectivity index (χ0) is 14.0. The molecule has 19 heavy (non-hydrogen) atoms. The second-order valence-electron chi connectivity index (χ2n) is 4.31. The number of aromatic nitrogens is 1. The molecular formula is C15H17NO3. The summed E-state index contributed by atoms with van der Waals surface area (Å²) in [5.41, 5.74) is 3.44. The van der Waals surface area contributed by atoms with E-state index in [1.165, 1.54) is 7.11 Å². The first kappa shape index (κ1) is 13.2. The van der Waals surface area contributed by atoms with Crippen LogP contribution in [0.4, 0.5) is 0 Å². The molecule has 0 atom stereocenters. The Morgan fingerprint density at radius 1 is 1.11 bits per heavy atom. The normalized spacial score (nSPS) is 10.3. The molecule has 1 aromatic carbocycles. The van der Waals surface area contributed by atoms with Gasteiger partial charge in [-0.05, 0) is 44.2 Å². The maximum atomic E-state index is 11.7. The lowest BCUT2D eigenvalue weighted by Gasteiger charge is -2.10. The van der Waals surface area contributed by atoms with E-state index >= 15 is 0 Å². The number of esters is 1. The number of rotatable bonds is 3. The van der Waals surface area contributed by atoms with Crippen molar-refractivity contribution in [2.24, 2.45) is 0 Å². The van der Waals surface area contributed by atoms with Gasteiger partial charge in [-0.1, -0.05) is 0 Å². The zero-order valence-corrected chi connectivity index (χ0v) is 11.6. The van der Waals surface area contributed by atoms with Crippen molar-refractivity contribution in [1.29, 1.82) is 0 Å². The molecule has 0 N–H and O–H groups in total. The van der Waals surface area contributed by atoms with Crippen LogP contribution in [-0.4, -0.2) is 24.8 Å². The molecule has 0 aliphatic carbocycles. The molecule has 0 amide bonds. The Bertz CT molecular complexity index is 597. The van der Waals surface area contributed by atoms with Crippen LogP contribution in [0, 0.1) is 13.8 Å². The number of hydrogen-bond donors (Lipinski definition) is 0. The van der Waals surface area contributed by atoms with E-state index < -0.39 is 0 Å². The lowest BCUT2D eigenvalue weighted by atomic mass is 10.2. The van der Waals surface area contributed by atoms with Gasteiger partial charge < -0.3 is 14.0 Å². The maximum absolute atomic E-state index is 11.7. The summed E-state index contributed by atoms with van der Waals surface area (Å²) < 4.78 is 11.9. The van der Waals surface area contributed by atoms with Crippen LogP contribution < -0.4 is 4.74 Å². The fourth-order valence-electron chi connectivity index (χ4n) is 2.21. The maximum Gasteiger partial charge on any atom is 0.339 e. The molecule has 0 aliphatic rings. The van der Waals surface area contributed by atoms with Gasteiger partial charge >= 0.3 is 5.97 Å². The lowest BCUT2D eigenvalue weighted by molar-refractivity contribution is 0.0600. The first-order valence-electron chi connectivity index (χ1n) is 6.00. The summed E-state index contributed by atoms with van der Waals surface area (Å²) in [6, 6.07) is 9.54. The number of nitrogens with zero attached hydrogens (tertiary/aromatic N) is 1. The van der Waals surface area contributed by atoms with Gasteiger partial charge in [0.2, 0.25) is 0 Å². The van der Waals surface area contributed by atoms with Crippen molar-refractivity contribution < 1.29 is 14.3 Å². The van der Waals surface area contributed by atoms with Crippen molar-refractivity contribution in [3.05, 3.63) is 47.3 Å². The molecule has 0 unspecified atom stereocenters. The van der Waals surface area contributed by atoms with Crippen LogP contribution in [0.5, 0.6) is 5.75 Å². The number of aryl methyl sites for hydroxylation is 1. The average molecular weight is 259 g/mol. The molecule has 2 rings (SSSR count). The second kappa shape index (κ2) is 5.18. The van der Waals surface area contributed by atoms with Crippen LogP contribution in [0.3, 0.4) is 0 Å². The van der Waals surface area contributed by atoms with Crippen LogP contribution in [-0.2, 0) is 4.74 Å². The minimum atomic E-state index is -0.312. The second-order valence-corrected chi connectivity index (χ2v) is 4.31. The molecule has 0 spiro atoms. The first-order chi connectivity index (χ1) is 9.08. The number of methoxy groups -OCH3 is 2. The lowest BCUT2D eigenvalue weighted by Crippen LogP contribution is -2.04. The van der Waals surface area contributed by atoms with Gasteiger partial charge in [0.1, 0.15) is 5.75 Å².